The molecule has 0 heterocycles. The van der Waals surface area contributed by atoms with Gasteiger partial charge >= 0.3 is 0 Å². The van der Waals surface area contributed by atoms with Crippen LogP contribution < -0.4 is 10.6 Å². The number of primary amides is 1. The highest BCUT2D eigenvalue weighted by Crippen LogP contribution is 2.51. The zero-order valence-electron chi connectivity index (χ0n) is 18.9. The Morgan fingerprint density at radius 2 is 1.73 bits per heavy atom. The molecule has 3 aliphatic carbocycles. The lowest BCUT2D eigenvalue weighted by atomic mass is 9.52. The molecule has 0 aromatic heterocycles. The maximum Gasteiger partial charge on any atom is 0.235 e. The average molecular weight is 457 g/mol. The van der Waals surface area contributed by atoms with E-state index in [-0.39, 0.29) is 24.2 Å². The number of amides is 1. The summed E-state index contributed by atoms with van der Waals surface area (Å²) in [4.78, 5) is 68.4. The second kappa shape index (κ2) is 7.46. The number of ketones is 4. The number of nitrogens with zero attached hydrogens (tertiary/aromatic N) is 2. The first-order valence-corrected chi connectivity index (χ1v) is 10.7. The number of Topliss-reactive ketones (excluding diaryl/α,β-unsaturated/α-hetero) is 4. The minimum absolute atomic E-state index is 0.00667. The van der Waals surface area contributed by atoms with Crippen molar-refractivity contribution in [3.63, 3.8) is 0 Å². The van der Waals surface area contributed by atoms with Crippen molar-refractivity contribution >= 4 is 34.7 Å². The van der Waals surface area contributed by atoms with Gasteiger partial charge in [0, 0.05) is 20.0 Å². The van der Waals surface area contributed by atoms with Gasteiger partial charge in [0.05, 0.1) is 23.2 Å². The first kappa shape index (κ1) is 23.1. The fourth-order valence-electron chi connectivity index (χ4n) is 5.93. The molecule has 3 aliphatic rings. The summed E-state index contributed by atoms with van der Waals surface area (Å²) < 4.78 is 0. The molecule has 10 heteroatoms. The van der Waals surface area contributed by atoms with Crippen LogP contribution >= 0.6 is 0 Å². The lowest BCUT2D eigenvalue weighted by molar-refractivity contribution is -0.181. The van der Waals surface area contributed by atoms with Crippen LogP contribution in [0.5, 0.6) is 5.75 Å². The van der Waals surface area contributed by atoms with Crippen LogP contribution in [0, 0.1) is 23.7 Å². The zero-order valence-corrected chi connectivity index (χ0v) is 18.9. The van der Waals surface area contributed by atoms with Crippen molar-refractivity contribution in [1.29, 1.82) is 0 Å². The lowest BCUT2D eigenvalue weighted by Gasteiger charge is -2.52. The molecule has 10 nitrogen and oxygen atoms in total. The van der Waals surface area contributed by atoms with Crippen LogP contribution in [0.2, 0.25) is 0 Å². The predicted molar refractivity (Wildman–Crippen MR) is 116 cm³/mol. The fraction of sp³-hybridized carbons (Fsp3) is 0.522. The number of benzene rings is 1. The van der Waals surface area contributed by atoms with E-state index in [9.17, 15) is 34.2 Å². The van der Waals surface area contributed by atoms with Crippen molar-refractivity contribution in [1.82, 2.24) is 4.90 Å². The highest BCUT2D eigenvalue weighted by molar-refractivity contribution is 6.32. The van der Waals surface area contributed by atoms with Crippen LogP contribution in [0.15, 0.2) is 12.1 Å². The van der Waals surface area contributed by atoms with Crippen LogP contribution in [0.1, 0.15) is 22.3 Å². The van der Waals surface area contributed by atoms with Gasteiger partial charge in [-0.2, -0.15) is 0 Å². The number of fused-ring (bicyclic) bond motifs is 3. The van der Waals surface area contributed by atoms with Gasteiger partial charge in [-0.05, 0) is 44.5 Å². The Balaban J connectivity index is 1.86. The summed E-state index contributed by atoms with van der Waals surface area (Å²) in [6, 6.07) is 2.29. The van der Waals surface area contributed by atoms with Gasteiger partial charge in [0.2, 0.25) is 5.91 Å². The van der Waals surface area contributed by atoms with Gasteiger partial charge in [0.15, 0.2) is 34.7 Å². The number of likely N-dealkylation sites (N-methyl/N-ethyl adjacent to an activating group) is 1. The molecule has 33 heavy (non-hydrogen) atoms. The quantitative estimate of drug-likeness (QED) is 0.481. The third-order valence-electron chi connectivity index (χ3n) is 7.39. The molecule has 0 saturated heterocycles. The summed E-state index contributed by atoms with van der Waals surface area (Å²) in [5.41, 5.74) is 3.54. The van der Waals surface area contributed by atoms with E-state index in [1.54, 1.807) is 45.2 Å². The van der Waals surface area contributed by atoms with Crippen LogP contribution in [0.25, 0.3) is 0 Å². The van der Waals surface area contributed by atoms with Gasteiger partial charge in [-0.25, -0.2) is 0 Å². The zero-order chi connectivity index (χ0) is 24.6. The van der Waals surface area contributed by atoms with E-state index >= 15 is 0 Å². The van der Waals surface area contributed by atoms with Crippen molar-refractivity contribution < 1.29 is 34.2 Å². The predicted octanol–water partition coefficient (Wildman–Crippen LogP) is -1.07. The van der Waals surface area contributed by atoms with Gasteiger partial charge in [0.1, 0.15) is 5.75 Å². The summed E-state index contributed by atoms with van der Waals surface area (Å²) in [6.45, 7) is 0. The van der Waals surface area contributed by atoms with E-state index in [0.29, 0.717) is 11.3 Å². The van der Waals surface area contributed by atoms with Crippen LogP contribution in [-0.4, -0.2) is 84.0 Å². The Labute approximate surface area is 190 Å². The van der Waals surface area contributed by atoms with Crippen molar-refractivity contribution in [2.75, 3.05) is 33.1 Å². The molecule has 6 atom stereocenters. The van der Waals surface area contributed by atoms with Gasteiger partial charge in [-0.15, -0.1) is 0 Å². The van der Waals surface area contributed by atoms with Crippen molar-refractivity contribution in [3.05, 3.63) is 23.3 Å². The third kappa shape index (κ3) is 2.97. The van der Waals surface area contributed by atoms with Gasteiger partial charge < -0.3 is 20.8 Å². The molecule has 0 aliphatic heterocycles. The van der Waals surface area contributed by atoms with E-state index in [4.69, 9.17) is 5.73 Å². The lowest BCUT2D eigenvalue weighted by Crippen LogP contribution is -2.74. The maximum absolute atomic E-state index is 13.7. The average Bonchev–Trinajstić information content (AvgIpc) is 2.70. The standard InChI is InChI=1S/C23H27N3O7/c1-25(2)12-6-5-9-7-10-8-11-16(26(3)4)19(29)15(22(24)32)21(31)23(11,33)20(30)14(10)18(28)13(9)17(12)27/h5-6,10-11,14-16,27,33H,7-8H2,1-4H3,(H2,24,32). The smallest absolute Gasteiger partial charge is 0.235 e. The SMILES string of the molecule is CN(C)c1ccc2c(c1O)C(=O)C1C(=O)C3(O)C(=O)C(C(N)=O)C(=O)C(N(C)C)C3CC1C2. The Hall–Kier alpha value is -3.11. The summed E-state index contributed by atoms with van der Waals surface area (Å²) in [6.07, 6.45) is 0.299. The maximum atomic E-state index is 13.7. The molecule has 2 fully saturated rings. The number of anilines is 1. The Bertz CT molecular complexity index is 1110. The molecule has 1 aromatic carbocycles. The number of aromatic hydroxyl groups is 1. The number of phenolic OH excluding ortho intramolecular Hbond substituents is 1. The molecule has 2 saturated carbocycles. The summed E-state index contributed by atoms with van der Waals surface area (Å²) in [5, 5.41) is 22.2. The van der Waals surface area contributed by atoms with Gasteiger partial charge in [-0.3, -0.25) is 28.9 Å². The third-order valence-corrected chi connectivity index (χ3v) is 7.39. The summed E-state index contributed by atoms with van der Waals surface area (Å²) in [7, 11) is 6.49. The second-order valence-electron chi connectivity index (χ2n) is 9.65. The number of carbonyl (C=O) groups excluding carboxylic acids is 5. The van der Waals surface area contributed by atoms with Crippen LogP contribution in [0.3, 0.4) is 0 Å². The molecule has 1 amide bonds. The Morgan fingerprint density at radius 3 is 2.27 bits per heavy atom. The van der Waals surface area contributed by atoms with E-state index in [2.05, 4.69) is 0 Å². The number of nitrogens with two attached hydrogens (primary N) is 1. The number of phenols is 1. The molecular weight excluding hydrogens is 430 g/mol. The minimum atomic E-state index is -2.70. The largest absolute Gasteiger partial charge is 0.505 e. The van der Waals surface area contributed by atoms with E-state index in [0.717, 1.165) is 0 Å². The highest BCUT2D eigenvalue weighted by Gasteiger charge is 2.69. The first-order valence-electron chi connectivity index (χ1n) is 10.7. The Morgan fingerprint density at radius 1 is 1.09 bits per heavy atom. The van der Waals surface area contributed by atoms with E-state index < -0.39 is 64.4 Å². The molecule has 176 valence electrons. The molecule has 1 aromatic rings. The number of rotatable bonds is 3. The number of hydrogen-bond acceptors (Lipinski definition) is 9. The molecule has 0 radical (unpaired) electrons. The molecule has 0 bridgehead atoms. The van der Waals surface area contributed by atoms with Crippen LogP contribution in [-0.2, 0) is 25.6 Å². The van der Waals surface area contributed by atoms with Crippen molar-refractivity contribution in [3.8, 4) is 5.75 Å². The van der Waals surface area contributed by atoms with Crippen molar-refractivity contribution in [2.24, 2.45) is 29.4 Å². The number of aliphatic hydroxyl groups is 1. The molecule has 4 rings (SSSR count). The molecule has 6 unspecified atom stereocenters. The van der Waals surface area contributed by atoms with Crippen LogP contribution in [0.4, 0.5) is 5.69 Å². The number of hydrogen-bond donors (Lipinski definition) is 3. The molecular formula is C23H27N3O7. The topological polar surface area (TPSA) is 158 Å². The molecule has 0 spiro atoms. The van der Waals surface area contributed by atoms with E-state index in [1.165, 1.54) is 4.90 Å². The summed E-state index contributed by atoms with van der Waals surface area (Å²) >= 11 is 0. The van der Waals surface area contributed by atoms with Crippen molar-refractivity contribution in [2.45, 2.75) is 24.5 Å². The van der Waals surface area contributed by atoms with Gasteiger partial charge in [-0.1, -0.05) is 6.07 Å². The van der Waals surface area contributed by atoms with E-state index in [1.807, 2.05) is 0 Å². The normalized spacial score (nSPS) is 33.5. The highest BCUT2D eigenvalue weighted by atomic mass is 16.3. The molecule has 4 N–H and O–H groups in total. The fourth-order valence-corrected chi connectivity index (χ4v) is 5.93. The second-order valence-corrected chi connectivity index (χ2v) is 9.65. The number of carbonyl (C=O) groups is 5. The Kier molecular flexibility index (Phi) is 5.21. The monoisotopic (exact) mass is 457 g/mol. The van der Waals surface area contributed by atoms with Gasteiger partial charge in [0.25, 0.3) is 0 Å². The minimum Gasteiger partial charge on any atom is -0.505 e. The summed E-state index contributed by atoms with van der Waals surface area (Å²) in [5.74, 6) is -10.3. The first-order chi connectivity index (χ1) is 15.3.